The number of aryl methyl sites for hydroxylation is 2. The lowest BCUT2D eigenvalue weighted by atomic mass is 9.93. The molecule has 0 fully saturated rings. The van der Waals surface area contributed by atoms with Gasteiger partial charge >= 0.3 is 0 Å². The zero-order valence-corrected chi connectivity index (χ0v) is 10.5. The predicted molar refractivity (Wildman–Crippen MR) is 71.0 cm³/mol. The number of amides is 1. The fourth-order valence-electron chi connectivity index (χ4n) is 2.14. The highest BCUT2D eigenvalue weighted by molar-refractivity contribution is 5.93. The molecule has 0 aromatic heterocycles. The first-order valence-electron chi connectivity index (χ1n) is 6.20. The van der Waals surface area contributed by atoms with Gasteiger partial charge in [0, 0.05) is 11.6 Å². The predicted octanol–water partition coefficient (Wildman–Crippen LogP) is 3.60. The summed E-state index contributed by atoms with van der Waals surface area (Å²) in [5, 5.41) is 3.05. The normalized spacial score (nSPS) is 19.1. The van der Waals surface area contributed by atoms with E-state index in [2.05, 4.69) is 23.5 Å². The molecule has 1 N–H and O–H groups in total. The van der Waals surface area contributed by atoms with Crippen LogP contribution in [0.2, 0.25) is 0 Å². The van der Waals surface area contributed by atoms with E-state index in [4.69, 9.17) is 0 Å². The number of allylic oxidation sites excluding steroid dienone is 2. The maximum absolute atomic E-state index is 12.1. The van der Waals surface area contributed by atoms with Crippen LogP contribution >= 0.6 is 0 Å². The second-order valence-electron chi connectivity index (χ2n) is 4.79. The second-order valence-corrected chi connectivity index (χ2v) is 4.79. The maximum Gasteiger partial charge on any atom is 0.227 e. The fraction of sp³-hybridized carbons (Fsp3) is 0.400. The summed E-state index contributed by atoms with van der Waals surface area (Å²) in [5.74, 6) is 0.294. The van der Waals surface area contributed by atoms with Gasteiger partial charge in [0.2, 0.25) is 5.91 Å². The van der Waals surface area contributed by atoms with Crippen molar-refractivity contribution in [2.45, 2.75) is 33.1 Å². The fourth-order valence-corrected chi connectivity index (χ4v) is 2.14. The number of nitrogens with one attached hydrogen (secondary N) is 1. The van der Waals surface area contributed by atoms with Crippen molar-refractivity contribution in [3.63, 3.8) is 0 Å². The average Bonchev–Trinajstić information content (AvgIpc) is 2.35. The molecular formula is C15H19NO. The number of benzene rings is 1. The van der Waals surface area contributed by atoms with Gasteiger partial charge in [-0.3, -0.25) is 4.79 Å². The highest BCUT2D eigenvalue weighted by atomic mass is 16.1. The summed E-state index contributed by atoms with van der Waals surface area (Å²) in [4.78, 5) is 12.1. The van der Waals surface area contributed by atoms with Gasteiger partial charge in [0.1, 0.15) is 0 Å². The minimum Gasteiger partial charge on any atom is -0.326 e. The number of hydrogen-bond donors (Lipinski definition) is 1. The third-order valence-corrected chi connectivity index (χ3v) is 3.29. The van der Waals surface area contributed by atoms with Gasteiger partial charge in [0.25, 0.3) is 0 Å². The second kappa shape index (κ2) is 5.17. The molecule has 2 heteroatoms. The standard InChI is InChI=1S/C15H19NO/c1-11-8-9-12(2)14(10-11)16-15(17)13-6-4-3-5-7-13/h3-4,8-10,13H,5-7H2,1-2H3,(H,16,17). The van der Waals surface area contributed by atoms with Crippen molar-refractivity contribution in [1.82, 2.24) is 0 Å². The number of hydrogen-bond acceptors (Lipinski definition) is 1. The van der Waals surface area contributed by atoms with Gasteiger partial charge in [-0.2, -0.15) is 0 Å². The number of carbonyl (C=O) groups excluding carboxylic acids is 1. The van der Waals surface area contributed by atoms with E-state index in [9.17, 15) is 4.79 Å². The largest absolute Gasteiger partial charge is 0.326 e. The highest BCUT2D eigenvalue weighted by Gasteiger charge is 2.19. The molecule has 2 nitrogen and oxygen atoms in total. The van der Waals surface area contributed by atoms with E-state index in [0.717, 1.165) is 30.5 Å². The van der Waals surface area contributed by atoms with E-state index >= 15 is 0 Å². The summed E-state index contributed by atoms with van der Waals surface area (Å²) in [6.07, 6.45) is 7.12. The summed E-state index contributed by atoms with van der Waals surface area (Å²) in [7, 11) is 0. The van der Waals surface area contributed by atoms with E-state index in [-0.39, 0.29) is 11.8 Å². The SMILES string of the molecule is Cc1ccc(C)c(NC(=O)C2CC=CCC2)c1. The zero-order valence-electron chi connectivity index (χ0n) is 10.5. The van der Waals surface area contributed by atoms with Crippen LogP contribution in [0.25, 0.3) is 0 Å². The monoisotopic (exact) mass is 229 g/mol. The Hall–Kier alpha value is -1.57. The van der Waals surface area contributed by atoms with Crippen LogP contribution in [-0.2, 0) is 4.79 Å². The molecule has 0 aliphatic heterocycles. The Balaban J connectivity index is 2.07. The summed E-state index contributed by atoms with van der Waals surface area (Å²) < 4.78 is 0. The molecule has 90 valence electrons. The molecule has 1 aliphatic rings. The van der Waals surface area contributed by atoms with Crippen LogP contribution in [0.15, 0.2) is 30.4 Å². The van der Waals surface area contributed by atoms with E-state index < -0.39 is 0 Å². The van der Waals surface area contributed by atoms with E-state index in [1.165, 1.54) is 5.56 Å². The summed E-state index contributed by atoms with van der Waals surface area (Å²) in [5.41, 5.74) is 3.24. The maximum atomic E-state index is 12.1. The molecule has 1 aromatic rings. The molecule has 0 saturated carbocycles. The lowest BCUT2D eigenvalue weighted by molar-refractivity contribution is -0.120. The van der Waals surface area contributed by atoms with Gasteiger partial charge in [0.05, 0.1) is 0 Å². The molecule has 0 heterocycles. The number of carbonyl (C=O) groups is 1. The van der Waals surface area contributed by atoms with Crippen LogP contribution in [0.4, 0.5) is 5.69 Å². The zero-order chi connectivity index (χ0) is 12.3. The van der Waals surface area contributed by atoms with Crippen molar-refractivity contribution in [1.29, 1.82) is 0 Å². The van der Waals surface area contributed by atoms with Crippen LogP contribution in [0, 0.1) is 19.8 Å². The minimum atomic E-state index is 0.139. The van der Waals surface area contributed by atoms with E-state index in [1.54, 1.807) is 0 Å². The molecule has 0 radical (unpaired) electrons. The highest BCUT2D eigenvalue weighted by Crippen LogP contribution is 2.22. The molecule has 1 aromatic carbocycles. The van der Waals surface area contributed by atoms with Gasteiger partial charge in [-0.15, -0.1) is 0 Å². The molecule has 1 unspecified atom stereocenters. The van der Waals surface area contributed by atoms with Crippen LogP contribution in [0.3, 0.4) is 0 Å². The summed E-state index contributed by atoms with van der Waals surface area (Å²) in [6.45, 7) is 4.06. The van der Waals surface area contributed by atoms with Crippen molar-refractivity contribution in [2.24, 2.45) is 5.92 Å². The van der Waals surface area contributed by atoms with Crippen molar-refractivity contribution < 1.29 is 4.79 Å². The van der Waals surface area contributed by atoms with Gasteiger partial charge < -0.3 is 5.32 Å². The Bertz CT molecular complexity index is 448. The van der Waals surface area contributed by atoms with Gasteiger partial charge in [-0.05, 0) is 50.3 Å². The molecule has 1 aliphatic carbocycles. The van der Waals surface area contributed by atoms with Crippen LogP contribution in [0.5, 0.6) is 0 Å². The van der Waals surface area contributed by atoms with Crippen molar-refractivity contribution in [3.8, 4) is 0 Å². The van der Waals surface area contributed by atoms with Gasteiger partial charge in [-0.25, -0.2) is 0 Å². The molecule has 0 spiro atoms. The Morgan fingerprint density at radius 1 is 1.29 bits per heavy atom. The first-order valence-corrected chi connectivity index (χ1v) is 6.20. The van der Waals surface area contributed by atoms with E-state index in [0.29, 0.717) is 0 Å². The van der Waals surface area contributed by atoms with Crippen molar-refractivity contribution in [3.05, 3.63) is 41.5 Å². The molecule has 17 heavy (non-hydrogen) atoms. The average molecular weight is 229 g/mol. The molecule has 1 amide bonds. The van der Waals surface area contributed by atoms with Gasteiger partial charge in [-0.1, -0.05) is 24.3 Å². The quantitative estimate of drug-likeness (QED) is 0.771. The smallest absolute Gasteiger partial charge is 0.227 e. The van der Waals surface area contributed by atoms with Crippen LogP contribution < -0.4 is 5.32 Å². The number of rotatable bonds is 2. The van der Waals surface area contributed by atoms with Gasteiger partial charge in [0.15, 0.2) is 0 Å². The first-order chi connectivity index (χ1) is 8.16. The van der Waals surface area contributed by atoms with Crippen LogP contribution in [-0.4, -0.2) is 5.91 Å². The lowest BCUT2D eigenvalue weighted by Gasteiger charge is -2.18. The van der Waals surface area contributed by atoms with E-state index in [1.807, 2.05) is 26.0 Å². The first kappa shape index (κ1) is 11.9. The molecule has 1 atom stereocenters. The Kier molecular flexibility index (Phi) is 3.62. The third kappa shape index (κ3) is 2.96. The Labute approximate surface area is 103 Å². The number of anilines is 1. The topological polar surface area (TPSA) is 29.1 Å². The molecule has 0 saturated heterocycles. The van der Waals surface area contributed by atoms with Crippen molar-refractivity contribution >= 4 is 11.6 Å². The summed E-state index contributed by atoms with van der Waals surface area (Å²) >= 11 is 0. The lowest BCUT2D eigenvalue weighted by Crippen LogP contribution is -2.23. The third-order valence-electron chi connectivity index (χ3n) is 3.29. The molecule has 2 rings (SSSR count). The molecular weight excluding hydrogens is 210 g/mol. The minimum absolute atomic E-state index is 0.139. The Morgan fingerprint density at radius 2 is 2.12 bits per heavy atom. The van der Waals surface area contributed by atoms with Crippen LogP contribution in [0.1, 0.15) is 30.4 Å². The summed E-state index contributed by atoms with van der Waals surface area (Å²) in [6, 6.07) is 6.14. The molecule has 0 bridgehead atoms. The van der Waals surface area contributed by atoms with Crippen molar-refractivity contribution in [2.75, 3.05) is 5.32 Å². The Morgan fingerprint density at radius 3 is 2.82 bits per heavy atom.